The Morgan fingerprint density at radius 1 is 1.35 bits per heavy atom. The molecule has 0 aliphatic heterocycles. The predicted molar refractivity (Wildman–Crippen MR) is 75.1 cm³/mol. The predicted octanol–water partition coefficient (Wildman–Crippen LogP) is 3.53. The molecule has 1 aromatic heterocycles. The van der Waals surface area contributed by atoms with Gasteiger partial charge in [-0.1, -0.05) is 17.7 Å². The molecule has 122 valence electrons. The zero-order chi connectivity index (χ0) is 17.2. The quantitative estimate of drug-likeness (QED) is 0.655. The van der Waals surface area contributed by atoms with Gasteiger partial charge in [-0.3, -0.25) is 14.9 Å². The molecule has 2 aromatic rings. The molecule has 0 bridgehead atoms. The van der Waals surface area contributed by atoms with Gasteiger partial charge in [0.1, 0.15) is 5.69 Å². The zero-order valence-corrected chi connectivity index (χ0v) is 12.0. The first-order chi connectivity index (χ1) is 10.7. The molecule has 0 unspecified atom stereocenters. The third kappa shape index (κ3) is 4.01. The highest BCUT2D eigenvalue weighted by Crippen LogP contribution is 2.35. The van der Waals surface area contributed by atoms with Crippen LogP contribution in [0, 0.1) is 10.1 Å². The lowest BCUT2D eigenvalue weighted by Crippen LogP contribution is -2.23. The van der Waals surface area contributed by atoms with Crippen LogP contribution in [0.15, 0.2) is 30.5 Å². The summed E-state index contributed by atoms with van der Waals surface area (Å²) >= 11 is 5.50. The monoisotopic (exact) mass is 347 g/mol. The fraction of sp³-hybridized carbons (Fsp3) is 0.154. The lowest BCUT2D eigenvalue weighted by atomic mass is 10.1. The third-order valence-electron chi connectivity index (χ3n) is 2.91. The zero-order valence-electron chi connectivity index (χ0n) is 11.3. The molecular formula is C13H9ClF3N3O3. The first kappa shape index (κ1) is 16.8. The van der Waals surface area contributed by atoms with Crippen molar-refractivity contribution in [2.45, 2.75) is 12.7 Å². The van der Waals surface area contributed by atoms with E-state index in [-0.39, 0.29) is 23.5 Å². The SMILES string of the molecule is O=C(NCc1ccc(Cl)c(C(F)(F)F)c1)c1cc([N+](=O)[O-])c[nH]1. The average Bonchev–Trinajstić information content (AvgIpc) is 2.95. The van der Waals surface area contributed by atoms with Crippen molar-refractivity contribution in [1.82, 2.24) is 10.3 Å². The van der Waals surface area contributed by atoms with Gasteiger partial charge in [0.05, 0.1) is 21.7 Å². The molecule has 23 heavy (non-hydrogen) atoms. The summed E-state index contributed by atoms with van der Waals surface area (Å²) in [7, 11) is 0. The largest absolute Gasteiger partial charge is 0.417 e. The van der Waals surface area contributed by atoms with Gasteiger partial charge in [0.25, 0.3) is 11.6 Å². The molecule has 0 atom stereocenters. The van der Waals surface area contributed by atoms with E-state index in [1.165, 1.54) is 6.07 Å². The molecule has 0 radical (unpaired) electrons. The third-order valence-corrected chi connectivity index (χ3v) is 3.24. The minimum atomic E-state index is -4.60. The van der Waals surface area contributed by atoms with Crippen LogP contribution < -0.4 is 5.32 Å². The van der Waals surface area contributed by atoms with E-state index in [0.717, 1.165) is 24.4 Å². The second kappa shape index (κ2) is 6.29. The fourth-order valence-corrected chi connectivity index (χ4v) is 2.02. The van der Waals surface area contributed by atoms with E-state index in [0.29, 0.717) is 0 Å². The van der Waals surface area contributed by atoms with Crippen molar-refractivity contribution in [2.75, 3.05) is 0 Å². The smallest absolute Gasteiger partial charge is 0.351 e. The Morgan fingerprint density at radius 3 is 2.61 bits per heavy atom. The summed E-state index contributed by atoms with van der Waals surface area (Å²) in [5.41, 5.74) is -1.17. The van der Waals surface area contributed by atoms with Crippen LogP contribution in [0.2, 0.25) is 5.02 Å². The molecule has 1 heterocycles. The van der Waals surface area contributed by atoms with Crippen molar-refractivity contribution in [1.29, 1.82) is 0 Å². The lowest BCUT2D eigenvalue weighted by molar-refractivity contribution is -0.384. The van der Waals surface area contributed by atoms with Crippen LogP contribution in [-0.2, 0) is 12.7 Å². The highest BCUT2D eigenvalue weighted by atomic mass is 35.5. The van der Waals surface area contributed by atoms with Crippen LogP contribution in [0.25, 0.3) is 0 Å². The number of H-pyrrole nitrogens is 1. The Bertz CT molecular complexity index is 758. The number of alkyl halides is 3. The van der Waals surface area contributed by atoms with Gasteiger partial charge in [0.2, 0.25) is 0 Å². The number of carbonyl (C=O) groups is 1. The van der Waals surface area contributed by atoms with Crippen LogP contribution in [0.1, 0.15) is 21.6 Å². The fourth-order valence-electron chi connectivity index (χ4n) is 1.80. The molecular weight excluding hydrogens is 339 g/mol. The van der Waals surface area contributed by atoms with Crippen LogP contribution in [0.4, 0.5) is 18.9 Å². The van der Waals surface area contributed by atoms with Gasteiger partial charge < -0.3 is 10.3 Å². The maximum absolute atomic E-state index is 12.7. The summed E-state index contributed by atoms with van der Waals surface area (Å²) in [6.45, 7) is -0.189. The standard InChI is InChI=1S/C13H9ClF3N3O3/c14-10-2-1-7(3-9(10)13(15,16)17)5-19-12(21)11-4-8(6-18-11)20(22)23/h1-4,6,18H,5H2,(H,19,21). The van der Waals surface area contributed by atoms with Crippen molar-refractivity contribution in [3.05, 3.63) is 62.4 Å². The van der Waals surface area contributed by atoms with Crippen LogP contribution in [0.3, 0.4) is 0 Å². The maximum Gasteiger partial charge on any atom is 0.417 e. The first-order valence-electron chi connectivity index (χ1n) is 6.15. The normalized spacial score (nSPS) is 11.3. The Hall–Kier alpha value is -2.55. The molecule has 6 nitrogen and oxygen atoms in total. The summed E-state index contributed by atoms with van der Waals surface area (Å²) in [6, 6.07) is 4.29. The van der Waals surface area contributed by atoms with Crippen LogP contribution >= 0.6 is 11.6 Å². The molecule has 0 saturated heterocycles. The molecule has 2 N–H and O–H groups in total. The number of halogens is 4. The van der Waals surface area contributed by atoms with Gasteiger partial charge in [-0.25, -0.2) is 0 Å². The lowest BCUT2D eigenvalue weighted by Gasteiger charge is -2.11. The van der Waals surface area contributed by atoms with Crippen LogP contribution in [-0.4, -0.2) is 15.8 Å². The van der Waals surface area contributed by atoms with Crippen molar-refractivity contribution < 1.29 is 22.9 Å². The Morgan fingerprint density at radius 2 is 2.04 bits per heavy atom. The first-order valence-corrected chi connectivity index (χ1v) is 6.53. The molecule has 1 amide bonds. The Kier molecular flexibility index (Phi) is 4.60. The summed E-state index contributed by atoms with van der Waals surface area (Å²) in [4.78, 5) is 24.0. The molecule has 0 aliphatic rings. The minimum absolute atomic E-state index is 0.0679. The molecule has 2 rings (SSSR count). The Labute approximate surface area is 132 Å². The number of benzene rings is 1. The number of aromatic nitrogens is 1. The van der Waals surface area contributed by atoms with Crippen molar-refractivity contribution in [3.8, 4) is 0 Å². The number of carbonyl (C=O) groups excluding carboxylic acids is 1. The summed E-state index contributed by atoms with van der Waals surface area (Å²) in [6.07, 6.45) is -3.56. The average molecular weight is 348 g/mol. The Balaban J connectivity index is 2.08. The number of nitrogens with one attached hydrogen (secondary N) is 2. The van der Waals surface area contributed by atoms with Crippen molar-refractivity contribution >= 4 is 23.2 Å². The van der Waals surface area contributed by atoms with E-state index in [1.54, 1.807) is 0 Å². The summed E-state index contributed by atoms with van der Waals surface area (Å²) in [5, 5.41) is 12.4. The number of rotatable bonds is 4. The minimum Gasteiger partial charge on any atom is -0.351 e. The van der Waals surface area contributed by atoms with E-state index >= 15 is 0 Å². The number of nitro groups is 1. The highest BCUT2D eigenvalue weighted by Gasteiger charge is 2.33. The topological polar surface area (TPSA) is 88.0 Å². The highest BCUT2D eigenvalue weighted by molar-refractivity contribution is 6.31. The van der Waals surface area contributed by atoms with Gasteiger partial charge in [-0.2, -0.15) is 13.2 Å². The summed E-state index contributed by atoms with van der Waals surface area (Å²) in [5.74, 6) is -0.679. The van der Waals surface area contributed by atoms with Crippen LogP contribution in [0.5, 0.6) is 0 Å². The van der Waals surface area contributed by atoms with Gasteiger partial charge in [-0.05, 0) is 17.7 Å². The molecule has 0 spiro atoms. The van der Waals surface area contributed by atoms with E-state index < -0.39 is 27.6 Å². The summed E-state index contributed by atoms with van der Waals surface area (Å²) < 4.78 is 38.2. The van der Waals surface area contributed by atoms with Gasteiger partial charge in [0, 0.05) is 12.6 Å². The molecule has 0 saturated carbocycles. The van der Waals surface area contributed by atoms with E-state index in [4.69, 9.17) is 11.6 Å². The molecule has 0 aliphatic carbocycles. The number of nitrogens with zero attached hydrogens (tertiary/aromatic N) is 1. The number of amides is 1. The number of hydrogen-bond acceptors (Lipinski definition) is 3. The maximum atomic E-state index is 12.7. The van der Waals surface area contributed by atoms with Crippen molar-refractivity contribution in [3.63, 3.8) is 0 Å². The van der Waals surface area contributed by atoms with Gasteiger partial charge >= 0.3 is 6.18 Å². The second-order valence-electron chi connectivity index (χ2n) is 4.52. The molecule has 0 fully saturated rings. The van der Waals surface area contributed by atoms with Gasteiger partial charge in [-0.15, -0.1) is 0 Å². The van der Waals surface area contributed by atoms with E-state index in [9.17, 15) is 28.1 Å². The van der Waals surface area contributed by atoms with E-state index in [1.807, 2.05) is 0 Å². The molecule has 10 heteroatoms. The molecule has 1 aromatic carbocycles. The van der Waals surface area contributed by atoms with Gasteiger partial charge in [0.15, 0.2) is 0 Å². The second-order valence-corrected chi connectivity index (χ2v) is 4.93. The van der Waals surface area contributed by atoms with Crippen molar-refractivity contribution in [2.24, 2.45) is 0 Å². The van der Waals surface area contributed by atoms with E-state index in [2.05, 4.69) is 10.3 Å². The number of hydrogen-bond donors (Lipinski definition) is 2. The number of aromatic amines is 1.